The van der Waals surface area contributed by atoms with Gasteiger partial charge in [0.2, 0.25) is 0 Å². The van der Waals surface area contributed by atoms with Gasteiger partial charge in [0.15, 0.2) is 0 Å². The van der Waals surface area contributed by atoms with Crippen LogP contribution in [0.25, 0.3) is 0 Å². The van der Waals surface area contributed by atoms with Gasteiger partial charge in [-0.15, -0.1) is 0 Å². The fourth-order valence-electron chi connectivity index (χ4n) is 3.10. The molecule has 1 aromatic carbocycles. The summed E-state index contributed by atoms with van der Waals surface area (Å²) in [4.78, 5) is 2.63. The van der Waals surface area contributed by atoms with Crippen LogP contribution in [0, 0.1) is 5.92 Å². The second kappa shape index (κ2) is 7.66. The van der Waals surface area contributed by atoms with Crippen molar-refractivity contribution >= 4 is 0 Å². The summed E-state index contributed by atoms with van der Waals surface area (Å²) in [5.74, 6) is 0.868. The highest BCUT2D eigenvalue weighted by atomic mass is 15.1. The van der Waals surface area contributed by atoms with Crippen LogP contribution >= 0.6 is 0 Å². The first kappa shape index (κ1) is 14.5. The van der Waals surface area contributed by atoms with Crippen LogP contribution in [0.1, 0.15) is 32.3 Å². The van der Waals surface area contributed by atoms with Gasteiger partial charge < -0.3 is 10.2 Å². The van der Waals surface area contributed by atoms with Crippen molar-refractivity contribution in [1.29, 1.82) is 0 Å². The van der Waals surface area contributed by atoms with Gasteiger partial charge in [0, 0.05) is 12.6 Å². The van der Waals surface area contributed by atoms with E-state index in [1.165, 1.54) is 44.5 Å². The molecule has 1 atom stereocenters. The molecule has 2 nitrogen and oxygen atoms in total. The Bertz CT molecular complexity index is 342. The number of likely N-dealkylation sites (tertiary alicyclic amines) is 1. The Morgan fingerprint density at radius 1 is 1.21 bits per heavy atom. The summed E-state index contributed by atoms with van der Waals surface area (Å²) in [6.07, 6.45) is 3.89. The van der Waals surface area contributed by atoms with Crippen LogP contribution < -0.4 is 5.32 Å². The second-order valence-corrected chi connectivity index (χ2v) is 5.76. The number of piperidine rings is 1. The maximum atomic E-state index is 3.57. The van der Waals surface area contributed by atoms with Crippen LogP contribution in [-0.4, -0.2) is 37.1 Å². The molecule has 1 fully saturated rings. The van der Waals surface area contributed by atoms with Gasteiger partial charge in [-0.05, 0) is 57.3 Å². The molecule has 2 heteroatoms. The predicted octanol–water partition coefficient (Wildman–Crippen LogP) is 2.94. The third-order valence-electron chi connectivity index (χ3n) is 4.42. The second-order valence-electron chi connectivity index (χ2n) is 5.76. The number of nitrogens with one attached hydrogen (secondary N) is 1. The standard InChI is InChI=1S/C17H28N2/c1-3-18-15(2)17-10-13-19(14-11-17)12-9-16-7-5-4-6-8-16/h4-8,15,17-18H,3,9-14H2,1-2H3. The zero-order chi connectivity index (χ0) is 13.5. The van der Waals surface area contributed by atoms with Gasteiger partial charge in [0.25, 0.3) is 0 Å². The lowest BCUT2D eigenvalue weighted by Crippen LogP contribution is -2.42. The highest BCUT2D eigenvalue weighted by Crippen LogP contribution is 2.20. The van der Waals surface area contributed by atoms with E-state index in [1.54, 1.807) is 0 Å². The summed E-state index contributed by atoms with van der Waals surface area (Å²) >= 11 is 0. The van der Waals surface area contributed by atoms with Crippen molar-refractivity contribution in [2.24, 2.45) is 5.92 Å². The van der Waals surface area contributed by atoms with Crippen molar-refractivity contribution in [3.05, 3.63) is 35.9 Å². The summed E-state index contributed by atoms with van der Waals surface area (Å²) in [5.41, 5.74) is 1.46. The van der Waals surface area contributed by atoms with Crippen LogP contribution in [0.15, 0.2) is 30.3 Å². The lowest BCUT2D eigenvalue weighted by atomic mass is 9.90. The molecule has 106 valence electrons. The van der Waals surface area contributed by atoms with Crippen LogP contribution in [0.5, 0.6) is 0 Å². The molecule has 0 amide bonds. The van der Waals surface area contributed by atoms with Crippen LogP contribution in [0.4, 0.5) is 0 Å². The minimum Gasteiger partial charge on any atom is -0.314 e. The van der Waals surface area contributed by atoms with E-state index in [1.807, 2.05) is 0 Å². The molecule has 1 unspecified atom stereocenters. The van der Waals surface area contributed by atoms with Crippen LogP contribution in [0.2, 0.25) is 0 Å². The number of nitrogens with zero attached hydrogens (tertiary/aromatic N) is 1. The number of rotatable bonds is 6. The smallest absolute Gasteiger partial charge is 0.00678 e. The monoisotopic (exact) mass is 260 g/mol. The average molecular weight is 260 g/mol. The highest BCUT2D eigenvalue weighted by molar-refractivity contribution is 5.14. The molecule has 0 aromatic heterocycles. The molecule has 0 bridgehead atoms. The van der Waals surface area contributed by atoms with Gasteiger partial charge in [0.05, 0.1) is 0 Å². The normalized spacial score (nSPS) is 19.5. The fourth-order valence-corrected chi connectivity index (χ4v) is 3.10. The van der Waals surface area contributed by atoms with Gasteiger partial charge in [-0.2, -0.15) is 0 Å². The Morgan fingerprint density at radius 2 is 1.89 bits per heavy atom. The maximum Gasteiger partial charge on any atom is 0.00678 e. The van der Waals surface area contributed by atoms with Crippen molar-refractivity contribution in [3.8, 4) is 0 Å². The van der Waals surface area contributed by atoms with E-state index in [4.69, 9.17) is 0 Å². The Kier molecular flexibility index (Phi) is 5.87. The van der Waals surface area contributed by atoms with Crippen molar-refractivity contribution in [3.63, 3.8) is 0 Å². The summed E-state index contributed by atoms with van der Waals surface area (Å²) in [6, 6.07) is 11.5. The summed E-state index contributed by atoms with van der Waals surface area (Å²) < 4.78 is 0. The molecular formula is C17H28N2. The minimum atomic E-state index is 0.682. The van der Waals surface area contributed by atoms with E-state index >= 15 is 0 Å². The predicted molar refractivity (Wildman–Crippen MR) is 82.4 cm³/mol. The van der Waals surface area contributed by atoms with E-state index in [-0.39, 0.29) is 0 Å². The van der Waals surface area contributed by atoms with Crippen molar-refractivity contribution < 1.29 is 0 Å². The first-order valence-corrected chi connectivity index (χ1v) is 7.79. The molecule has 1 saturated heterocycles. The molecule has 1 heterocycles. The quantitative estimate of drug-likeness (QED) is 0.846. The third kappa shape index (κ3) is 4.63. The van der Waals surface area contributed by atoms with Gasteiger partial charge >= 0.3 is 0 Å². The molecule has 0 radical (unpaired) electrons. The number of benzene rings is 1. The molecule has 1 aliphatic rings. The van der Waals surface area contributed by atoms with E-state index in [9.17, 15) is 0 Å². The van der Waals surface area contributed by atoms with E-state index in [0.29, 0.717) is 6.04 Å². The van der Waals surface area contributed by atoms with Crippen molar-refractivity contribution in [1.82, 2.24) is 10.2 Å². The molecule has 1 N–H and O–H groups in total. The minimum absolute atomic E-state index is 0.682. The Balaban J connectivity index is 1.69. The summed E-state index contributed by atoms with van der Waals surface area (Å²) in [5, 5.41) is 3.57. The van der Waals surface area contributed by atoms with Gasteiger partial charge in [-0.1, -0.05) is 37.3 Å². The van der Waals surface area contributed by atoms with Crippen LogP contribution in [-0.2, 0) is 6.42 Å². The third-order valence-corrected chi connectivity index (χ3v) is 4.42. The molecule has 0 saturated carbocycles. The van der Waals surface area contributed by atoms with Gasteiger partial charge in [-0.25, -0.2) is 0 Å². The molecule has 1 aromatic rings. The highest BCUT2D eigenvalue weighted by Gasteiger charge is 2.22. The zero-order valence-electron chi connectivity index (χ0n) is 12.4. The Morgan fingerprint density at radius 3 is 2.53 bits per heavy atom. The largest absolute Gasteiger partial charge is 0.314 e. The first-order chi connectivity index (χ1) is 9.29. The van der Waals surface area contributed by atoms with Gasteiger partial charge in [0.1, 0.15) is 0 Å². The number of hydrogen-bond acceptors (Lipinski definition) is 2. The Labute approximate surface area is 118 Å². The van der Waals surface area contributed by atoms with E-state index in [2.05, 4.69) is 54.4 Å². The van der Waals surface area contributed by atoms with Gasteiger partial charge in [-0.3, -0.25) is 0 Å². The molecule has 0 aliphatic carbocycles. The SMILES string of the molecule is CCNC(C)C1CCN(CCc2ccccc2)CC1. The molecule has 19 heavy (non-hydrogen) atoms. The van der Waals surface area contributed by atoms with E-state index < -0.39 is 0 Å². The van der Waals surface area contributed by atoms with Crippen LogP contribution in [0.3, 0.4) is 0 Å². The lowest BCUT2D eigenvalue weighted by molar-refractivity contribution is 0.165. The topological polar surface area (TPSA) is 15.3 Å². The number of hydrogen-bond donors (Lipinski definition) is 1. The maximum absolute atomic E-state index is 3.57. The lowest BCUT2D eigenvalue weighted by Gasteiger charge is -2.35. The zero-order valence-corrected chi connectivity index (χ0v) is 12.4. The Hall–Kier alpha value is -0.860. The first-order valence-electron chi connectivity index (χ1n) is 7.79. The molecule has 0 spiro atoms. The molecular weight excluding hydrogens is 232 g/mol. The molecule has 1 aliphatic heterocycles. The molecule has 2 rings (SSSR count). The average Bonchev–Trinajstić information content (AvgIpc) is 2.47. The fraction of sp³-hybridized carbons (Fsp3) is 0.647. The summed E-state index contributed by atoms with van der Waals surface area (Å²) in [6.45, 7) is 9.39. The summed E-state index contributed by atoms with van der Waals surface area (Å²) in [7, 11) is 0. The van der Waals surface area contributed by atoms with Crippen molar-refractivity contribution in [2.75, 3.05) is 26.2 Å². The van der Waals surface area contributed by atoms with E-state index in [0.717, 1.165) is 12.5 Å². The van der Waals surface area contributed by atoms with Crippen molar-refractivity contribution in [2.45, 2.75) is 39.2 Å².